The Kier molecular flexibility index (Phi) is 5.34. The fourth-order valence-electron chi connectivity index (χ4n) is 1.26. The van der Waals surface area contributed by atoms with Crippen LogP contribution in [0.15, 0.2) is 12.1 Å². The van der Waals surface area contributed by atoms with Crippen LogP contribution in [0, 0.1) is 3.57 Å². The molecule has 16 heavy (non-hydrogen) atoms. The van der Waals surface area contributed by atoms with Crippen molar-refractivity contribution in [3.63, 3.8) is 0 Å². The van der Waals surface area contributed by atoms with Gasteiger partial charge in [-0.15, -0.1) is 0 Å². The quantitative estimate of drug-likeness (QED) is 0.841. The van der Waals surface area contributed by atoms with Gasteiger partial charge >= 0.3 is 0 Å². The highest BCUT2D eigenvalue weighted by atomic mass is 127. The number of benzene rings is 1. The lowest BCUT2D eigenvalue weighted by atomic mass is 10.2. The molecule has 0 aromatic heterocycles. The third-order valence-electron chi connectivity index (χ3n) is 2.37. The molecule has 0 saturated carbocycles. The van der Waals surface area contributed by atoms with Gasteiger partial charge in [0, 0.05) is 0 Å². The minimum Gasteiger partial charge on any atom is -0.493 e. The van der Waals surface area contributed by atoms with Crippen molar-refractivity contribution < 1.29 is 14.6 Å². The monoisotopic (exact) mass is 336 g/mol. The second-order valence-electron chi connectivity index (χ2n) is 3.60. The zero-order valence-corrected chi connectivity index (χ0v) is 11.9. The van der Waals surface area contributed by atoms with Crippen molar-refractivity contribution in [3.05, 3.63) is 21.3 Å². The number of hydrogen-bond acceptors (Lipinski definition) is 3. The molecule has 0 aliphatic rings. The van der Waals surface area contributed by atoms with Gasteiger partial charge in [-0.1, -0.05) is 6.92 Å². The zero-order chi connectivity index (χ0) is 12.1. The predicted molar refractivity (Wildman–Crippen MR) is 72.0 cm³/mol. The largest absolute Gasteiger partial charge is 0.493 e. The summed E-state index contributed by atoms with van der Waals surface area (Å²) >= 11 is 2.19. The summed E-state index contributed by atoms with van der Waals surface area (Å²) in [6.45, 7) is 4.11. The Bertz CT molecular complexity index is 352. The first-order valence-electron chi connectivity index (χ1n) is 5.26. The van der Waals surface area contributed by atoms with Gasteiger partial charge in [0.1, 0.15) is 0 Å². The van der Waals surface area contributed by atoms with Crippen LogP contribution < -0.4 is 9.47 Å². The van der Waals surface area contributed by atoms with Crippen molar-refractivity contribution in [2.24, 2.45) is 0 Å². The fourth-order valence-corrected chi connectivity index (χ4v) is 2.06. The van der Waals surface area contributed by atoms with E-state index in [1.165, 1.54) is 0 Å². The smallest absolute Gasteiger partial charge is 0.174 e. The molecule has 0 bridgehead atoms. The second kappa shape index (κ2) is 6.30. The maximum atomic E-state index is 9.10. The number of rotatable bonds is 5. The van der Waals surface area contributed by atoms with E-state index in [1.54, 1.807) is 13.2 Å². The van der Waals surface area contributed by atoms with Gasteiger partial charge in [-0.2, -0.15) is 0 Å². The van der Waals surface area contributed by atoms with Gasteiger partial charge in [0.05, 0.1) is 23.4 Å². The molecule has 0 heterocycles. The lowest BCUT2D eigenvalue weighted by Crippen LogP contribution is -2.11. The summed E-state index contributed by atoms with van der Waals surface area (Å²) in [5, 5.41) is 9.10. The molecule has 4 heteroatoms. The minimum absolute atomic E-state index is 0.00989. The molecular formula is C12H17IO3. The summed E-state index contributed by atoms with van der Waals surface area (Å²) in [4.78, 5) is 0. The van der Waals surface area contributed by atoms with Gasteiger partial charge in [-0.25, -0.2) is 0 Å². The van der Waals surface area contributed by atoms with Crippen LogP contribution in [-0.4, -0.2) is 18.3 Å². The maximum absolute atomic E-state index is 9.10. The van der Waals surface area contributed by atoms with Crippen LogP contribution >= 0.6 is 22.6 Å². The van der Waals surface area contributed by atoms with Gasteiger partial charge in [0.25, 0.3) is 0 Å². The number of ether oxygens (including phenoxy) is 2. The predicted octanol–water partition coefficient (Wildman–Crippen LogP) is 2.97. The van der Waals surface area contributed by atoms with E-state index in [-0.39, 0.29) is 12.7 Å². The summed E-state index contributed by atoms with van der Waals surface area (Å²) in [5.74, 6) is 1.44. The summed E-state index contributed by atoms with van der Waals surface area (Å²) in [6.07, 6.45) is 1.10. The topological polar surface area (TPSA) is 38.7 Å². The van der Waals surface area contributed by atoms with Crippen LogP contribution in [0.5, 0.6) is 11.5 Å². The Hall–Kier alpha value is -0.490. The highest BCUT2D eigenvalue weighted by molar-refractivity contribution is 14.1. The van der Waals surface area contributed by atoms with E-state index in [9.17, 15) is 0 Å². The summed E-state index contributed by atoms with van der Waals surface area (Å²) in [7, 11) is 1.61. The Labute approximate surface area is 110 Å². The van der Waals surface area contributed by atoms with E-state index in [0.29, 0.717) is 5.75 Å². The Morgan fingerprint density at radius 3 is 2.62 bits per heavy atom. The lowest BCUT2D eigenvalue weighted by molar-refractivity contribution is 0.205. The molecule has 1 atom stereocenters. The second-order valence-corrected chi connectivity index (χ2v) is 4.77. The van der Waals surface area contributed by atoms with E-state index in [2.05, 4.69) is 29.5 Å². The van der Waals surface area contributed by atoms with Crippen LogP contribution in [0.1, 0.15) is 25.8 Å². The van der Waals surface area contributed by atoms with E-state index in [4.69, 9.17) is 14.6 Å². The molecule has 0 amide bonds. The maximum Gasteiger partial charge on any atom is 0.174 e. The first-order chi connectivity index (χ1) is 7.62. The van der Waals surface area contributed by atoms with Crippen LogP contribution in [-0.2, 0) is 6.61 Å². The molecule has 0 aliphatic carbocycles. The van der Waals surface area contributed by atoms with E-state index in [0.717, 1.165) is 21.3 Å². The molecule has 0 saturated heterocycles. The van der Waals surface area contributed by atoms with Crippen LogP contribution in [0.2, 0.25) is 0 Å². The van der Waals surface area contributed by atoms with Gasteiger partial charge in [0.15, 0.2) is 11.5 Å². The van der Waals surface area contributed by atoms with E-state index in [1.807, 2.05) is 13.0 Å². The normalized spacial score (nSPS) is 12.3. The van der Waals surface area contributed by atoms with Crippen LogP contribution in [0.4, 0.5) is 0 Å². The first kappa shape index (κ1) is 13.6. The van der Waals surface area contributed by atoms with Crippen LogP contribution in [0.25, 0.3) is 0 Å². The van der Waals surface area contributed by atoms with E-state index < -0.39 is 0 Å². The molecule has 1 aromatic carbocycles. The van der Waals surface area contributed by atoms with Crippen molar-refractivity contribution in [3.8, 4) is 11.5 Å². The van der Waals surface area contributed by atoms with Gasteiger partial charge in [0.2, 0.25) is 0 Å². The van der Waals surface area contributed by atoms with Crippen molar-refractivity contribution in [1.29, 1.82) is 0 Å². The number of aliphatic hydroxyl groups is 1. The zero-order valence-electron chi connectivity index (χ0n) is 9.79. The molecule has 0 aliphatic heterocycles. The molecule has 1 rings (SSSR count). The molecule has 1 aromatic rings. The molecule has 3 nitrogen and oxygen atoms in total. The van der Waals surface area contributed by atoms with Crippen molar-refractivity contribution in [2.75, 3.05) is 7.11 Å². The number of halogens is 1. The van der Waals surface area contributed by atoms with Crippen molar-refractivity contribution in [1.82, 2.24) is 0 Å². The van der Waals surface area contributed by atoms with Gasteiger partial charge in [-0.05, 0) is 53.6 Å². The number of aliphatic hydroxyl groups excluding tert-OH is 1. The van der Waals surface area contributed by atoms with Gasteiger partial charge in [-0.3, -0.25) is 0 Å². The summed E-state index contributed by atoms with van der Waals surface area (Å²) in [5.41, 5.74) is 0.831. The molecule has 0 unspecified atom stereocenters. The standard InChI is InChI=1S/C12H17IO3/c1-4-8(2)16-12-10(13)5-9(7-14)6-11(12)15-3/h5-6,8,14H,4,7H2,1-3H3/t8-/m0/s1. The number of hydrogen-bond donors (Lipinski definition) is 1. The Balaban J connectivity index is 3.06. The first-order valence-corrected chi connectivity index (χ1v) is 6.34. The minimum atomic E-state index is 0.00989. The summed E-state index contributed by atoms with van der Waals surface area (Å²) < 4.78 is 12.0. The third-order valence-corrected chi connectivity index (χ3v) is 3.17. The molecule has 0 spiro atoms. The van der Waals surface area contributed by atoms with Crippen molar-refractivity contribution >= 4 is 22.6 Å². The average molecular weight is 336 g/mol. The third kappa shape index (κ3) is 3.25. The average Bonchev–Trinajstić information content (AvgIpc) is 2.30. The fraction of sp³-hybridized carbons (Fsp3) is 0.500. The molecule has 0 fully saturated rings. The highest BCUT2D eigenvalue weighted by Gasteiger charge is 2.13. The summed E-state index contributed by atoms with van der Waals surface area (Å²) in [6, 6.07) is 3.71. The highest BCUT2D eigenvalue weighted by Crippen LogP contribution is 2.34. The Morgan fingerprint density at radius 1 is 1.44 bits per heavy atom. The Morgan fingerprint density at radius 2 is 2.12 bits per heavy atom. The molecular weight excluding hydrogens is 319 g/mol. The molecule has 90 valence electrons. The van der Waals surface area contributed by atoms with Gasteiger partial charge < -0.3 is 14.6 Å². The van der Waals surface area contributed by atoms with Crippen molar-refractivity contribution in [2.45, 2.75) is 33.0 Å². The SMILES string of the molecule is CC[C@H](C)Oc1c(I)cc(CO)cc1OC. The number of methoxy groups -OCH3 is 1. The molecule has 0 radical (unpaired) electrons. The van der Waals surface area contributed by atoms with E-state index >= 15 is 0 Å². The lowest BCUT2D eigenvalue weighted by Gasteiger charge is -2.17. The van der Waals surface area contributed by atoms with Crippen LogP contribution in [0.3, 0.4) is 0 Å². The molecule has 1 N–H and O–H groups in total.